The molecule has 17 heavy (non-hydrogen) atoms. The van der Waals surface area contributed by atoms with Gasteiger partial charge >= 0.3 is 0 Å². The third kappa shape index (κ3) is 2.99. The van der Waals surface area contributed by atoms with E-state index in [1.165, 1.54) is 6.42 Å². The Kier molecular flexibility index (Phi) is 3.36. The lowest BCUT2D eigenvalue weighted by Gasteiger charge is -2.35. The molecule has 0 spiro atoms. The molecule has 1 aromatic rings. The minimum absolute atomic E-state index is 0.131. The van der Waals surface area contributed by atoms with Gasteiger partial charge in [-0.1, -0.05) is 13.8 Å². The van der Waals surface area contributed by atoms with Crippen LogP contribution in [0.15, 0.2) is 12.3 Å². The number of aromatic nitrogens is 2. The summed E-state index contributed by atoms with van der Waals surface area (Å²) >= 11 is 0. The number of rotatable bonds is 2. The Balaban J connectivity index is 1.95. The summed E-state index contributed by atoms with van der Waals surface area (Å²) in [5.41, 5.74) is 5.52. The molecular formula is C12H20N4O. The smallest absolute Gasteiger partial charge is 0.244 e. The summed E-state index contributed by atoms with van der Waals surface area (Å²) in [6, 6.07) is 1.70. The van der Waals surface area contributed by atoms with Gasteiger partial charge in [0.1, 0.15) is 12.4 Å². The SMILES string of the molecule is CC1CC(C)CN(C(=O)Cn2ccc(N)n2)C1. The van der Waals surface area contributed by atoms with Gasteiger partial charge in [-0.15, -0.1) is 0 Å². The summed E-state index contributed by atoms with van der Waals surface area (Å²) in [5.74, 6) is 1.76. The highest BCUT2D eigenvalue weighted by Gasteiger charge is 2.25. The standard InChI is InChI=1S/C12H20N4O/c1-9-5-10(2)7-15(6-9)12(17)8-16-4-3-11(13)14-16/h3-4,9-10H,5-8H2,1-2H3,(H2,13,14). The maximum Gasteiger partial charge on any atom is 0.244 e. The number of amides is 1. The summed E-state index contributed by atoms with van der Waals surface area (Å²) in [6.07, 6.45) is 2.95. The molecule has 2 N–H and O–H groups in total. The van der Waals surface area contributed by atoms with E-state index in [0.717, 1.165) is 13.1 Å². The van der Waals surface area contributed by atoms with Crippen molar-refractivity contribution in [1.29, 1.82) is 0 Å². The third-order valence-corrected chi connectivity index (χ3v) is 3.18. The van der Waals surface area contributed by atoms with E-state index in [-0.39, 0.29) is 12.5 Å². The molecule has 2 rings (SSSR count). The van der Waals surface area contributed by atoms with Crippen molar-refractivity contribution >= 4 is 11.7 Å². The first kappa shape index (κ1) is 12.0. The molecule has 1 saturated heterocycles. The molecule has 2 atom stereocenters. The molecule has 1 aromatic heterocycles. The molecule has 94 valence electrons. The number of anilines is 1. The average molecular weight is 236 g/mol. The van der Waals surface area contributed by atoms with Crippen LogP contribution in [0.4, 0.5) is 5.82 Å². The van der Waals surface area contributed by atoms with Gasteiger partial charge in [-0.25, -0.2) is 0 Å². The van der Waals surface area contributed by atoms with Crippen LogP contribution in [0.1, 0.15) is 20.3 Å². The highest BCUT2D eigenvalue weighted by atomic mass is 16.2. The Morgan fingerprint density at radius 1 is 1.47 bits per heavy atom. The van der Waals surface area contributed by atoms with Gasteiger partial charge < -0.3 is 10.6 Å². The lowest BCUT2D eigenvalue weighted by atomic mass is 9.92. The van der Waals surface area contributed by atoms with E-state index in [1.54, 1.807) is 16.9 Å². The quantitative estimate of drug-likeness (QED) is 0.832. The predicted octanol–water partition coefficient (Wildman–Crippen LogP) is 0.970. The van der Waals surface area contributed by atoms with E-state index in [4.69, 9.17) is 5.73 Å². The van der Waals surface area contributed by atoms with Crippen molar-refractivity contribution in [3.05, 3.63) is 12.3 Å². The summed E-state index contributed by atoms with van der Waals surface area (Å²) < 4.78 is 1.60. The number of nitrogens with zero attached hydrogens (tertiary/aromatic N) is 3. The second-order valence-corrected chi connectivity index (χ2v) is 5.18. The number of nitrogens with two attached hydrogens (primary N) is 1. The van der Waals surface area contributed by atoms with Gasteiger partial charge in [0.05, 0.1) is 0 Å². The monoisotopic (exact) mass is 236 g/mol. The Morgan fingerprint density at radius 3 is 2.65 bits per heavy atom. The zero-order chi connectivity index (χ0) is 12.4. The van der Waals surface area contributed by atoms with Crippen molar-refractivity contribution < 1.29 is 4.79 Å². The van der Waals surface area contributed by atoms with Crippen LogP contribution in [0.3, 0.4) is 0 Å². The number of carbonyl (C=O) groups excluding carboxylic acids is 1. The molecule has 1 aliphatic rings. The molecule has 2 heterocycles. The lowest BCUT2D eigenvalue weighted by molar-refractivity contribution is -0.134. The Morgan fingerprint density at radius 2 is 2.12 bits per heavy atom. The van der Waals surface area contributed by atoms with E-state index in [1.807, 2.05) is 4.90 Å². The normalized spacial score (nSPS) is 24.9. The number of likely N-dealkylation sites (tertiary alicyclic amines) is 1. The number of nitrogen functional groups attached to an aromatic ring is 1. The van der Waals surface area contributed by atoms with Gasteiger partial charge in [0.15, 0.2) is 0 Å². The number of carbonyl (C=O) groups is 1. The minimum atomic E-state index is 0.131. The Labute approximate surface area is 102 Å². The Bertz CT molecular complexity index is 391. The van der Waals surface area contributed by atoms with Gasteiger partial charge in [0.25, 0.3) is 0 Å². The van der Waals surface area contributed by atoms with Crippen molar-refractivity contribution in [3.63, 3.8) is 0 Å². The van der Waals surface area contributed by atoms with E-state index >= 15 is 0 Å². The molecule has 0 aliphatic carbocycles. The van der Waals surface area contributed by atoms with Crippen LogP contribution in [0.2, 0.25) is 0 Å². The van der Waals surface area contributed by atoms with Crippen LogP contribution >= 0.6 is 0 Å². The topological polar surface area (TPSA) is 64.2 Å². The van der Waals surface area contributed by atoms with E-state index in [2.05, 4.69) is 18.9 Å². The van der Waals surface area contributed by atoms with Gasteiger partial charge in [-0.05, 0) is 24.3 Å². The molecule has 2 unspecified atom stereocenters. The summed E-state index contributed by atoms with van der Waals surface area (Å²) in [6.45, 7) is 6.40. The minimum Gasteiger partial charge on any atom is -0.382 e. The molecule has 1 amide bonds. The molecule has 1 aliphatic heterocycles. The van der Waals surface area contributed by atoms with Crippen molar-refractivity contribution in [2.45, 2.75) is 26.8 Å². The highest BCUT2D eigenvalue weighted by molar-refractivity contribution is 5.76. The zero-order valence-corrected chi connectivity index (χ0v) is 10.5. The molecule has 0 bridgehead atoms. The van der Waals surface area contributed by atoms with Crippen molar-refractivity contribution in [1.82, 2.24) is 14.7 Å². The fourth-order valence-electron chi connectivity index (χ4n) is 2.57. The highest BCUT2D eigenvalue weighted by Crippen LogP contribution is 2.21. The van der Waals surface area contributed by atoms with Gasteiger partial charge in [0.2, 0.25) is 5.91 Å². The first-order valence-electron chi connectivity index (χ1n) is 6.11. The van der Waals surface area contributed by atoms with E-state index in [9.17, 15) is 4.79 Å². The summed E-state index contributed by atoms with van der Waals surface area (Å²) in [5, 5.41) is 4.03. The van der Waals surface area contributed by atoms with Crippen molar-refractivity contribution in [3.8, 4) is 0 Å². The van der Waals surface area contributed by atoms with Crippen LogP contribution < -0.4 is 5.73 Å². The number of hydrogen-bond donors (Lipinski definition) is 1. The van der Waals surface area contributed by atoms with Gasteiger partial charge in [0, 0.05) is 19.3 Å². The van der Waals surface area contributed by atoms with Crippen LogP contribution in [0, 0.1) is 11.8 Å². The fourth-order valence-corrected chi connectivity index (χ4v) is 2.57. The first-order chi connectivity index (χ1) is 8.04. The molecule has 1 fully saturated rings. The summed E-state index contributed by atoms with van der Waals surface area (Å²) in [7, 11) is 0. The number of piperidine rings is 1. The molecule has 5 nitrogen and oxygen atoms in total. The van der Waals surface area contributed by atoms with Crippen molar-refractivity contribution in [2.75, 3.05) is 18.8 Å². The van der Waals surface area contributed by atoms with Crippen LogP contribution in [0.5, 0.6) is 0 Å². The van der Waals surface area contributed by atoms with Gasteiger partial charge in [-0.3, -0.25) is 9.48 Å². The second-order valence-electron chi connectivity index (χ2n) is 5.18. The van der Waals surface area contributed by atoms with Crippen LogP contribution in [0.25, 0.3) is 0 Å². The van der Waals surface area contributed by atoms with Crippen molar-refractivity contribution in [2.24, 2.45) is 11.8 Å². The average Bonchev–Trinajstić information content (AvgIpc) is 2.62. The predicted molar refractivity (Wildman–Crippen MR) is 66.2 cm³/mol. The molecule has 0 radical (unpaired) electrons. The Hall–Kier alpha value is -1.52. The molecular weight excluding hydrogens is 216 g/mol. The zero-order valence-electron chi connectivity index (χ0n) is 10.5. The maximum atomic E-state index is 12.1. The second kappa shape index (κ2) is 4.77. The van der Waals surface area contributed by atoms with Gasteiger partial charge in [-0.2, -0.15) is 5.10 Å². The number of hydrogen-bond acceptors (Lipinski definition) is 3. The molecule has 5 heteroatoms. The lowest BCUT2D eigenvalue weighted by Crippen LogP contribution is -2.44. The molecule has 0 aromatic carbocycles. The molecule has 0 saturated carbocycles. The van der Waals surface area contributed by atoms with Crippen LogP contribution in [-0.4, -0.2) is 33.7 Å². The van der Waals surface area contributed by atoms with Crippen LogP contribution in [-0.2, 0) is 11.3 Å². The van der Waals surface area contributed by atoms with E-state index < -0.39 is 0 Å². The third-order valence-electron chi connectivity index (χ3n) is 3.18. The largest absolute Gasteiger partial charge is 0.382 e. The first-order valence-corrected chi connectivity index (χ1v) is 6.11. The van der Waals surface area contributed by atoms with E-state index in [0.29, 0.717) is 17.7 Å². The fraction of sp³-hybridized carbons (Fsp3) is 0.667. The maximum absolute atomic E-state index is 12.1. The summed E-state index contributed by atoms with van der Waals surface area (Å²) in [4.78, 5) is 14.0.